The molecule has 0 saturated heterocycles. The molecule has 0 atom stereocenters. The number of rotatable bonds is 9. The molecule has 20 aromatic carbocycles. The molecule has 30 aromatic rings. The van der Waals surface area contributed by atoms with Crippen LogP contribution in [0.2, 0.25) is 0 Å². The van der Waals surface area contributed by atoms with E-state index in [4.69, 9.17) is 19.4 Å². The van der Waals surface area contributed by atoms with Gasteiger partial charge in [0.1, 0.15) is 17.0 Å². The highest BCUT2D eigenvalue weighted by atomic mass is 32.1. The summed E-state index contributed by atoms with van der Waals surface area (Å²) in [6.07, 6.45) is 0. The molecular weight excluding hydrogens is 1710 g/mol. The van der Waals surface area contributed by atoms with Crippen LogP contribution in [0.4, 0.5) is 0 Å². The maximum absolute atomic E-state index is 6.63. The Hall–Kier alpha value is -17.2. The van der Waals surface area contributed by atoms with E-state index in [2.05, 4.69) is 461 Å². The molecule has 30 rings (SSSR count). The topological polar surface area (TPSA) is 71.5 Å². The van der Waals surface area contributed by atoms with Gasteiger partial charge in [0.15, 0.2) is 0 Å². The lowest BCUT2D eigenvalue weighted by molar-refractivity contribution is 0.673. The van der Waals surface area contributed by atoms with E-state index >= 15 is 0 Å². The zero-order valence-corrected chi connectivity index (χ0v) is 75.5. The van der Waals surface area contributed by atoms with E-state index in [0.717, 1.165) is 93.8 Å². The van der Waals surface area contributed by atoms with Crippen molar-refractivity contribution in [3.05, 3.63) is 455 Å². The molecule has 0 aliphatic heterocycles. The minimum Gasteiger partial charge on any atom is -0.455 e. The Morgan fingerprint density at radius 1 is 0.199 bits per heavy atom. The highest BCUT2D eigenvalue weighted by molar-refractivity contribution is 7.27. The van der Waals surface area contributed by atoms with E-state index in [0.29, 0.717) is 5.95 Å². The van der Waals surface area contributed by atoms with Crippen LogP contribution in [0.1, 0.15) is 0 Å². The Morgan fingerprint density at radius 2 is 0.640 bits per heavy atom. The molecule has 0 saturated carbocycles. The molecule has 10 heterocycles. The second-order valence-electron chi connectivity index (χ2n) is 35.1. The van der Waals surface area contributed by atoms with Crippen molar-refractivity contribution in [2.24, 2.45) is 0 Å². The van der Waals surface area contributed by atoms with Gasteiger partial charge in [-0.25, -0.2) is 15.0 Å². The van der Waals surface area contributed by atoms with Gasteiger partial charge in [-0.15, -0.1) is 34.0 Å². The van der Waals surface area contributed by atoms with E-state index in [1.165, 1.54) is 171 Å². The Labute approximate surface area is 790 Å². The Balaban J connectivity index is 0.000000101. The lowest BCUT2D eigenvalue weighted by Gasteiger charge is -2.13. The van der Waals surface area contributed by atoms with Crippen molar-refractivity contribution in [2.45, 2.75) is 0 Å². The summed E-state index contributed by atoms with van der Waals surface area (Å²) >= 11 is 5.57. The first kappa shape index (κ1) is 77.6. The Morgan fingerprint density at radius 3 is 1.32 bits per heavy atom. The van der Waals surface area contributed by atoms with Gasteiger partial charge in [-0.05, 0) is 184 Å². The standard InChI is InChI=1S/C44H25N3OS.C42H26N2S.C39H24N2S/c1-2-11-26(12-3-1)27-21-22-33-37(25-27)47(36-24-23-30-28-13-5-8-19-38(28)48-42(30)40(33)36)44-45-35-18-7-4-15-32(35)41(46-44)34-17-10-16-31-29-14-6-9-20-39(29)49-43(31)34;1-2-10-29(11-3-1)43-37-15-7-4-12-31(37)34-24-27(18-21-39(34)43)28-19-22-40-35(25-28)32-13-5-8-16-38(32)44(40)30-20-23-42-36(26-30)33-14-6-9-17-41(33)45-42;1-2-10-25(11-3-1)26-18-20-27(21-19-26)32-24-37(40-33-15-7-4-12-28(32)33)41-34-16-8-5-14-31(34)38-35(41)23-22-30-29-13-6-9-17-36(29)42-39(30)38/h1-25H;1-26H;1-24H. The summed E-state index contributed by atoms with van der Waals surface area (Å²) in [5.74, 6) is 1.56. The Bertz CT molecular complexity index is 10200. The lowest BCUT2D eigenvalue weighted by Crippen LogP contribution is -2.03. The van der Waals surface area contributed by atoms with E-state index in [-0.39, 0.29) is 0 Å². The van der Waals surface area contributed by atoms with Gasteiger partial charge in [-0.1, -0.05) is 315 Å². The summed E-state index contributed by atoms with van der Waals surface area (Å²) in [4.78, 5) is 16.0. The highest BCUT2D eigenvalue weighted by Crippen LogP contribution is 2.49. The van der Waals surface area contributed by atoms with Crippen LogP contribution < -0.4 is 0 Å². The molecule has 0 unspecified atom stereocenters. The molecule has 0 radical (unpaired) electrons. The minimum absolute atomic E-state index is 0.632. The number of para-hydroxylation sites is 7. The normalized spacial score (nSPS) is 12.0. The van der Waals surface area contributed by atoms with Crippen LogP contribution >= 0.6 is 34.0 Å². The minimum atomic E-state index is 0.632. The predicted octanol–water partition coefficient (Wildman–Crippen LogP) is 35.3. The number of hydrogen-bond donors (Lipinski definition) is 0. The van der Waals surface area contributed by atoms with Crippen molar-refractivity contribution in [3.63, 3.8) is 0 Å². The van der Waals surface area contributed by atoms with Crippen LogP contribution in [-0.4, -0.2) is 33.2 Å². The zero-order valence-electron chi connectivity index (χ0n) is 73.1. The van der Waals surface area contributed by atoms with Gasteiger partial charge in [0.2, 0.25) is 5.95 Å². The summed E-state index contributed by atoms with van der Waals surface area (Å²) in [5, 5.41) is 22.0. The summed E-state index contributed by atoms with van der Waals surface area (Å²) in [6.45, 7) is 0. The molecule has 0 bridgehead atoms. The number of aromatic nitrogens is 7. The number of nitrogens with zero attached hydrogens (tertiary/aromatic N) is 7. The molecule has 634 valence electrons. The van der Waals surface area contributed by atoms with Gasteiger partial charge in [-0.2, -0.15) is 0 Å². The molecule has 0 aliphatic carbocycles. The van der Waals surface area contributed by atoms with Crippen LogP contribution in [0.5, 0.6) is 0 Å². The van der Waals surface area contributed by atoms with Crippen molar-refractivity contribution in [1.29, 1.82) is 0 Å². The summed E-state index contributed by atoms with van der Waals surface area (Å²) in [6, 6.07) is 163. The maximum Gasteiger partial charge on any atom is 0.235 e. The second kappa shape index (κ2) is 31.2. The molecule has 0 N–H and O–H groups in total. The first-order valence-corrected chi connectivity index (χ1v) is 48.5. The molecule has 136 heavy (non-hydrogen) atoms. The molecule has 0 aliphatic rings. The first-order chi connectivity index (χ1) is 67.4. The fourth-order valence-electron chi connectivity index (χ4n) is 21.4. The number of pyridine rings is 1. The molecule has 10 aromatic heterocycles. The molecule has 8 nitrogen and oxygen atoms in total. The van der Waals surface area contributed by atoms with Gasteiger partial charge in [-0.3, -0.25) is 9.13 Å². The number of thiophene rings is 3. The van der Waals surface area contributed by atoms with E-state index in [9.17, 15) is 0 Å². The van der Waals surface area contributed by atoms with Crippen molar-refractivity contribution in [1.82, 2.24) is 33.2 Å². The van der Waals surface area contributed by atoms with Crippen LogP contribution in [-0.2, 0) is 0 Å². The fourth-order valence-corrected chi connectivity index (χ4v) is 24.9. The van der Waals surface area contributed by atoms with Gasteiger partial charge in [0, 0.05) is 137 Å². The predicted molar refractivity (Wildman–Crippen MR) is 578 cm³/mol. The van der Waals surface area contributed by atoms with E-state index in [1.54, 1.807) is 0 Å². The monoisotopic (exact) mass is 1790 g/mol. The summed E-state index contributed by atoms with van der Waals surface area (Å²) in [5.41, 5.74) is 26.9. The third kappa shape index (κ3) is 12.4. The van der Waals surface area contributed by atoms with Gasteiger partial charge in [0.25, 0.3) is 0 Å². The number of benzene rings is 20. The van der Waals surface area contributed by atoms with Gasteiger partial charge < -0.3 is 13.6 Å². The molecule has 0 fully saturated rings. The molecule has 0 spiro atoms. The largest absolute Gasteiger partial charge is 0.455 e. The van der Waals surface area contributed by atoms with E-state index < -0.39 is 0 Å². The molecule has 11 heteroatoms. The van der Waals surface area contributed by atoms with Crippen molar-refractivity contribution >= 4 is 225 Å². The van der Waals surface area contributed by atoms with Gasteiger partial charge >= 0.3 is 0 Å². The fraction of sp³-hybridized carbons (Fsp3) is 0. The SMILES string of the molecule is c1ccc(-c2ccc(-c3cc(-n4c5ccccc5c5c6sc7ccccc7c6ccc54)nc4ccccc34)cc2)cc1.c1ccc(-c2ccc3c4c5oc6ccccc6c5ccc4n(-c4nc(-c5cccc6c5sc5ccccc56)c5ccccc5n4)c3c2)cc1.c1ccc(-n2c3ccccc3c3cc(-c4ccc5c(c4)c4ccccc4n5-c4ccc5sc6ccccc6c5c4)ccc32)cc1. The number of furan rings is 1. The quantitative estimate of drug-likeness (QED) is 0.144. The average Bonchev–Trinajstić information content (AvgIpc) is 1.55. The lowest BCUT2D eigenvalue weighted by atomic mass is 9.98. The number of hydrogen-bond acceptors (Lipinski definition) is 7. The van der Waals surface area contributed by atoms with Crippen molar-refractivity contribution < 1.29 is 4.42 Å². The maximum atomic E-state index is 6.63. The van der Waals surface area contributed by atoms with E-state index in [1.807, 2.05) is 46.1 Å². The molecule has 0 amide bonds. The zero-order chi connectivity index (χ0) is 89.2. The average molecular weight is 1790 g/mol. The third-order valence-corrected chi connectivity index (χ3v) is 31.1. The van der Waals surface area contributed by atoms with Crippen LogP contribution in [0.25, 0.3) is 270 Å². The van der Waals surface area contributed by atoms with Crippen LogP contribution in [0, 0.1) is 0 Å². The molecular formula is C125H75N7OS3. The van der Waals surface area contributed by atoms with Crippen molar-refractivity contribution in [2.75, 3.05) is 0 Å². The Kier molecular flexibility index (Phi) is 17.8. The highest BCUT2D eigenvalue weighted by Gasteiger charge is 2.27. The van der Waals surface area contributed by atoms with Gasteiger partial charge in [0.05, 0.1) is 66.2 Å². The number of fused-ring (bicyclic) bond motifs is 28. The van der Waals surface area contributed by atoms with Crippen molar-refractivity contribution in [3.8, 4) is 78.9 Å². The van der Waals surface area contributed by atoms with Crippen LogP contribution in [0.3, 0.4) is 0 Å². The van der Waals surface area contributed by atoms with Crippen LogP contribution in [0.15, 0.2) is 459 Å². The first-order valence-electron chi connectivity index (χ1n) is 46.0. The second-order valence-corrected chi connectivity index (χ2v) is 38.3. The smallest absolute Gasteiger partial charge is 0.235 e. The summed E-state index contributed by atoms with van der Waals surface area (Å²) < 4.78 is 23.8. The summed E-state index contributed by atoms with van der Waals surface area (Å²) in [7, 11) is 0. The third-order valence-electron chi connectivity index (χ3n) is 27.6.